The maximum atomic E-state index is 16.2. The lowest BCUT2D eigenvalue weighted by Gasteiger charge is -2.28. The van der Waals surface area contributed by atoms with E-state index in [1.54, 1.807) is 6.07 Å². The first-order valence-corrected chi connectivity index (χ1v) is 20.8. The van der Waals surface area contributed by atoms with Crippen LogP contribution in [0.2, 0.25) is 0 Å². The SMILES string of the molecule is FC(F)=C(F)c1cc(-c2cccc3c2[nH]c2ccccc23)ccc1N(c1ccc(-c2cccc3c2[nH]c2ccccc23)cc1)c1ccc(-c2cccc3c2[nH]c2ccccc23)cc1. The molecule has 300 valence electrons. The van der Waals surface area contributed by atoms with Gasteiger partial charge in [0.25, 0.3) is 0 Å². The van der Waals surface area contributed by atoms with E-state index in [1.807, 2.05) is 126 Å². The number of hydrogen-bond acceptors (Lipinski definition) is 1. The van der Waals surface area contributed by atoms with Gasteiger partial charge < -0.3 is 19.9 Å². The van der Waals surface area contributed by atoms with E-state index in [1.165, 1.54) is 6.07 Å². The monoisotopic (exact) mass is 820 g/mol. The van der Waals surface area contributed by atoms with E-state index in [0.717, 1.165) is 93.2 Å². The summed E-state index contributed by atoms with van der Waals surface area (Å²) in [5, 5.41) is 6.59. The van der Waals surface area contributed by atoms with Crippen molar-refractivity contribution < 1.29 is 13.2 Å². The summed E-state index contributed by atoms with van der Waals surface area (Å²) in [6.07, 6.45) is -2.39. The molecule has 0 unspecified atom stereocenters. The van der Waals surface area contributed by atoms with Crippen LogP contribution in [0.5, 0.6) is 0 Å². The minimum absolute atomic E-state index is 0.223. The molecule has 3 N–H and O–H groups in total. The highest BCUT2D eigenvalue weighted by Crippen LogP contribution is 2.45. The largest absolute Gasteiger partial charge is 0.354 e. The van der Waals surface area contributed by atoms with Crippen LogP contribution in [0, 0.1) is 0 Å². The lowest BCUT2D eigenvalue weighted by atomic mass is 9.97. The van der Waals surface area contributed by atoms with E-state index in [2.05, 4.69) is 75.6 Å². The van der Waals surface area contributed by atoms with E-state index in [4.69, 9.17) is 0 Å². The summed E-state index contributed by atoms with van der Waals surface area (Å²) in [5.74, 6) is -1.58. The molecule has 0 fully saturated rings. The van der Waals surface area contributed by atoms with Crippen molar-refractivity contribution in [3.05, 3.63) is 206 Å². The second-order valence-corrected chi connectivity index (χ2v) is 15.9. The highest BCUT2D eigenvalue weighted by atomic mass is 19.3. The fourth-order valence-corrected chi connectivity index (χ4v) is 9.52. The van der Waals surface area contributed by atoms with Crippen LogP contribution in [0.15, 0.2) is 200 Å². The van der Waals surface area contributed by atoms with Crippen molar-refractivity contribution in [3.8, 4) is 33.4 Å². The van der Waals surface area contributed by atoms with Gasteiger partial charge >= 0.3 is 6.08 Å². The lowest BCUT2D eigenvalue weighted by Crippen LogP contribution is -2.12. The third kappa shape index (κ3) is 5.92. The normalized spacial score (nSPS) is 11.7. The number of H-pyrrole nitrogens is 3. The predicted molar refractivity (Wildman–Crippen MR) is 256 cm³/mol. The average molecular weight is 821 g/mol. The molecule has 0 saturated carbocycles. The Morgan fingerprint density at radius 1 is 0.349 bits per heavy atom. The smallest absolute Gasteiger partial charge is 0.306 e. The van der Waals surface area contributed by atoms with Gasteiger partial charge in [0.15, 0.2) is 5.83 Å². The number of rotatable bonds is 7. The summed E-state index contributed by atoms with van der Waals surface area (Å²) >= 11 is 0. The van der Waals surface area contributed by atoms with Gasteiger partial charge in [0.2, 0.25) is 0 Å². The average Bonchev–Trinajstić information content (AvgIpc) is 4.04. The highest BCUT2D eigenvalue weighted by Gasteiger charge is 2.24. The van der Waals surface area contributed by atoms with Gasteiger partial charge in [-0.3, -0.25) is 0 Å². The Hall–Kier alpha value is -8.29. The minimum atomic E-state index is -2.39. The Kier molecular flexibility index (Phi) is 8.37. The van der Waals surface area contributed by atoms with E-state index < -0.39 is 11.9 Å². The van der Waals surface area contributed by atoms with E-state index in [9.17, 15) is 8.78 Å². The summed E-state index contributed by atoms with van der Waals surface area (Å²) in [6.45, 7) is 0. The number of halogens is 3. The number of nitrogens with zero attached hydrogens (tertiary/aromatic N) is 1. The summed E-state index contributed by atoms with van der Waals surface area (Å²) in [4.78, 5) is 12.6. The van der Waals surface area contributed by atoms with Crippen molar-refractivity contribution in [2.45, 2.75) is 0 Å². The van der Waals surface area contributed by atoms with E-state index in [-0.39, 0.29) is 11.3 Å². The number of fused-ring (bicyclic) bond motifs is 9. The van der Waals surface area contributed by atoms with Gasteiger partial charge in [-0.25, -0.2) is 4.39 Å². The minimum Gasteiger partial charge on any atom is -0.354 e. The number of benzene rings is 9. The summed E-state index contributed by atoms with van der Waals surface area (Å²) < 4.78 is 45.5. The number of para-hydroxylation sites is 6. The van der Waals surface area contributed by atoms with Crippen LogP contribution in [0.4, 0.5) is 30.2 Å². The van der Waals surface area contributed by atoms with Gasteiger partial charge in [0.1, 0.15) is 0 Å². The van der Waals surface area contributed by atoms with Crippen molar-refractivity contribution in [2.75, 3.05) is 4.90 Å². The van der Waals surface area contributed by atoms with Gasteiger partial charge in [0.05, 0.1) is 22.2 Å². The van der Waals surface area contributed by atoms with Crippen LogP contribution >= 0.6 is 0 Å². The van der Waals surface area contributed by atoms with Crippen LogP contribution in [0.25, 0.3) is 105 Å². The summed E-state index contributed by atoms with van der Waals surface area (Å²) in [7, 11) is 0. The molecule has 0 aliphatic rings. The Morgan fingerprint density at radius 2 is 0.714 bits per heavy atom. The molecule has 0 saturated heterocycles. The molecule has 0 bridgehead atoms. The Morgan fingerprint density at radius 3 is 1.13 bits per heavy atom. The molecule has 0 aliphatic carbocycles. The lowest BCUT2D eigenvalue weighted by molar-refractivity contribution is 0.410. The number of nitrogens with one attached hydrogen (secondary N) is 3. The van der Waals surface area contributed by atoms with Crippen LogP contribution in [0.3, 0.4) is 0 Å². The molecular weight excluding hydrogens is 786 g/mol. The number of aromatic nitrogens is 3. The first-order valence-electron chi connectivity index (χ1n) is 20.8. The molecule has 9 aromatic carbocycles. The van der Waals surface area contributed by atoms with Crippen LogP contribution in [-0.2, 0) is 0 Å². The third-order valence-electron chi connectivity index (χ3n) is 12.4. The van der Waals surface area contributed by atoms with Crippen molar-refractivity contribution in [1.82, 2.24) is 15.0 Å². The molecule has 0 amide bonds. The molecule has 3 heterocycles. The van der Waals surface area contributed by atoms with Gasteiger partial charge in [-0.2, -0.15) is 8.78 Å². The molecule has 3 aromatic heterocycles. The maximum absolute atomic E-state index is 16.2. The molecule has 0 atom stereocenters. The molecular formula is C56H35F3N4. The molecule has 12 rings (SSSR count). The molecule has 0 spiro atoms. The molecule has 0 radical (unpaired) electrons. The van der Waals surface area contributed by atoms with Crippen molar-refractivity contribution >= 4 is 88.3 Å². The molecule has 4 nitrogen and oxygen atoms in total. The topological polar surface area (TPSA) is 50.6 Å². The molecule has 63 heavy (non-hydrogen) atoms. The predicted octanol–water partition coefficient (Wildman–Crippen LogP) is 16.6. The number of hydrogen-bond donors (Lipinski definition) is 3. The number of anilines is 3. The first-order chi connectivity index (χ1) is 31.0. The third-order valence-corrected chi connectivity index (χ3v) is 12.4. The molecule has 0 aliphatic heterocycles. The molecule has 12 aromatic rings. The van der Waals surface area contributed by atoms with E-state index in [0.29, 0.717) is 16.9 Å². The van der Waals surface area contributed by atoms with E-state index >= 15 is 4.39 Å². The maximum Gasteiger partial charge on any atom is 0.306 e. The van der Waals surface area contributed by atoms with Gasteiger partial charge in [-0.1, -0.05) is 140 Å². The van der Waals surface area contributed by atoms with Crippen molar-refractivity contribution in [2.24, 2.45) is 0 Å². The summed E-state index contributed by atoms with van der Waals surface area (Å²) in [5.41, 5.74) is 12.7. The quantitative estimate of drug-likeness (QED) is 0.147. The Bertz CT molecular complexity index is 3620. The van der Waals surface area contributed by atoms with Crippen molar-refractivity contribution in [1.29, 1.82) is 0 Å². The van der Waals surface area contributed by atoms with Gasteiger partial charge in [-0.05, 0) is 71.3 Å². The van der Waals surface area contributed by atoms with Crippen LogP contribution in [-0.4, -0.2) is 15.0 Å². The molecule has 7 heteroatoms. The highest BCUT2D eigenvalue weighted by molar-refractivity contribution is 6.14. The van der Waals surface area contributed by atoms with Gasteiger partial charge in [-0.15, -0.1) is 0 Å². The van der Waals surface area contributed by atoms with Crippen LogP contribution in [0.1, 0.15) is 5.56 Å². The zero-order valence-corrected chi connectivity index (χ0v) is 33.6. The Balaban J connectivity index is 1.02. The second-order valence-electron chi connectivity index (χ2n) is 15.9. The zero-order chi connectivity index (χ0) is 42.2. The summed E-state index contributed by atoms with van der Waals surface area (Å²) in [6, 6.07) is 64.0. The standard InChI is InChI=1S/C56H35F3N4/c57-52(56(58)59)47-32-35(40-15-9-18-46-43-12-3-6-21-50(43)62-55(40)46)26-31-51(47)63(36-27-22-33(23-28-36)38-13-7-16-44-41-10-1-4-19-48(41)60-53(38)44)37-29-24-34(25-30-37)39-14-8-17-45-42-11-2-5-20-49(42)61-54(39)45/h1-32,60-62H. The van der Waals surface area contributed by atoms with Crippen molar-refractivity contribution in [3.63, 3.8) is 0 Å². The van der Waals surface area contributed by atoms with Crippen LogP contribution < -0.4 is 4.90 Å². The number of aromatic amines is 3. The fourth-order valence-electron chi connectivity index (χ4n) is 9.52. The van der Waals surface area contributed by atoms with Gasteiger partial charge in [0, 0.05) is 82.5 Å². The fraction of sp³-hybridized carbons (Fsp3) is 0. The second kappa shape index (κ2) is 14.4. The Labute approximate surface area is 359 Å². The first kappa shape index (κ1) is 36.6. The zero-order valence-electron chi connectivity index (χ0n) is 33.6.